The zero-order chi connectivity index (χ0) is 15.8. The molecule has 0 bridgehead atoms. The van der Waals surface area contributed by atoms with E-state index in [9.17, 15) is 4.79 Å². The summed E-state index contributed by atoms with van der Waals surface area (Å²) in [5.41, 5.74) is 0.985. The van der Waals surface area contributed by atoms with E-state index in [0.717, 1.165) is 10.4 Å². The molecule has 2 aromatic heterocycles. The van der Waals surface area contributed by atoms with Crippen molar-refractivity contribution in [2.45, 2.75) is 19.5 Å². The first-order valence-electron chi connectivity index (χ1n) is 7.17. The minimum atomic E-state index is -0.0956. The second-order valence-electron chi connectivity index (χ2n) is 4.95. The van der Waals surface area contributed by atoms with E-state index < -0.39 is 0 Å². The molecule has 0 fully saturated rings. The third-order valence-electron chi connectivity index (χ3n) is 3.30. The summed E-state index contributed by atoms with van der Waals surface area (Å²) in [6, 6.07) is 7.66. The molecule has 0 spiro atoms. The first-order valence-corrected chi connectivity index (χ1v) is 8.05. The second-order valence-corrected chi connectivity index (χ2v) is 5.98. The predicted octanol–water partition coefficient (Wildman–Crippen LogP) is 3.06. The number of aromatic nitrogens is 1. The quantitative estimate of drug-likeness (QED) is 0.853. The van der Waals surface area contributed by atoms with E-state index in [-0.39, 0.29) is 12.1 Å². The molecule has 0 aliphatic carbocycles. The van der Waals surface area contributed by atoms with Crippen LogP contribution >= 0.6 is 11.3 Å². The van der Waals surface area contributed by atoms with Gasteiger partial charge < -0.3 is 15.0 Å². The highest BCUT2D eigenvalue weighted by Gasteiger charge is 2.17. The first kappa shape index (κ1) is 16.5. The molecule has 2 rings (SSSR count). The van der Waals surface area contributed by atoms with Gasteiger partial charge in [0.15, 0.2) is 0 Å². The van der Waals surface area contributed by atoms with Gasteiger partial charge in [-0.3, -0.25) is 4.98 Å². The molecule has 0 aromatic carbocycles. The maximum absolute atomic E-state index is 12.5. The van der Waals surface area contributed by atoms with E-state index >= 15 is 0 Å². The average Bonchev–Trinajstić information content (AvgIpc) is 3.05. The van der Waals surface area contributed by atoms with E-state index in [1.807, 2.05) is 36.6 Å². The number of hydrogen-bond donors (Lipinski definition) is 1. The zero-order valence-electron chi connectivity index (χ0n) is 12.9. The Bertz CT molecular complexity index is 560. The van der Waals surface area contributed by atoms with Crippen LogP contribution in [0.3, 0.4) is 0 Å². The van der Waals surface area contributed by atoms with E-state index in [4.69, 9.17) is 4.74 Å². The van der Waals surface area contributed by atoms with Crippen molar-refractivity contribution in [3.05, 3.63) is 52.5 Å². The van der Waals surface area contributed by atoms with E-state index in [1.54, 1.807) is 35.7 Å². The van der Waals surface area contributed by atoms with Gasteiger partial charge in [-0.1, -0.05) is 12.1 Å². The lowest BCUT2D eigenvalue weighted by Crippen LogP contribution is -2.42. The number of urea groups is 1. The minimum Gasteiger partial charge on any atom is -0.383 e. The highest BCUT2D eigenvalue weighted by Crippen LogP contribution is 2.14. The molecule has 2 amide bonds. The Labute approximate surface area is 134 Å². The van der Waals surface area contributed by atoms with Crippen LogP contribution in [-0.4, -0.2) is 36.2 Å². The lowest BCUT2D eigenvalue weighted by Gasteiger charge is -2.24. The van der Waals surface area contributed by atoms with Crippen molar-refractivity contribution in [3.63, 3.8) is 0 Å². The van der Waals surface area contributed by atoms with Crippen LogP contribution in [0.4, 0.5) is 4.79 Å². The molecule has 1 atom stereocenters. The van der Waals surface area contributed by atoms with Gasteiger partial charge in [0.2, 0.25) is 0 Å². The number of rotatable bonds is 7. The summed E-state index contributed by atoms with van der Waals surface area (Å²) >= 11 is 1.64. The van der Waals surface area contributed by atoms with Crippen molar-refractivity contribution < 1.29 is 9.53 Å². The van der Waals surface area contributed by atoms with Crippen LogP contribution in [0.15, 0.2) is 42.0 Å². The Kier molecular flexibility index (Phi) is 6.36. The van der Waals surface area contributed by atoms with Gasteiger partial charge in [-0.25, -0.2) is 4.79 Å². The summed E-state index contributed by atoms with van der Waals surface area (Å²) < 4.78 is 5.10. The number of carbonyl (C=O) groups excluding carboxylic acids is 1. The third-order valence-corrected chi connectivity index (χ3v) is 4.16. The van der Waals surface area contributed by atoms with Gasteiger partial charge in [-0.05, 0) is 30.0 Å². The third kappa shape index (κ3) is 4.82. The number of hydrogen-bond acceptors (Lipinski definition) is 4. The molecule has 22 heavy (non-hydrogen) atoms. The van der Waals surface area contributed by atoms with Crippen molar-refractivity contribution in [2.24, 2.45) is 0 Å². The van der Waals surface area contributed by atoms with Gasteiger partial charge in [-0.15, -0.1) is 11.3 Å². The van der Waals surface area contributed by atoms with Gasteiger partial charge in [0, 0.05) is 30.9 Å². The fourth-order valence-corrected chi connectivity index (χ4v) is 2.76. The molecule has 0 aliphatic rings. The summed E-state index contributed by atoms with van der Waals surface area (Å²) in [6.07, 6.45) is 3.49. The Morgan fingerprint density at radius 2 is 2.32 bits per heavy atom. The summed E-state index contributed by atoms with van der Waals surface area (Å²) in [5, 5.41) is 5.03. The molecule has 1 N–H and O–H groups in total. The summed E-state index contributed by atoms with van der Waals surface area (Å²) in [7, 11) is 1.64. The highest BCUT2D eigenvalue weighted by atomic mass is 32.1. The molecule has 2 aromatic rings. The molecule has 0 aliphatic heterocycles. The predicted molar refractivity (Wildman–Crippen MR) is 87.8 cm³/mol. The van der Waals surface area contributed by atoms with Crippen LogP contribution in [0, 0.1) is 0 Å². The molecule has 2 heterocycles. The Morgan fingerprint density at radius 1 is 1.45 bits per heavy atom. The standard InChI is InChI=1S/C16H21N3O2S/c1-13(14-5-3-7-17-11-14)18-16(20)19(8-9-21-2)12-15-6-4-10-22-15/h3-7,10-11,13H,8-9,12H2,1-2H3,(H,18,20)/t13-/m0/s1. The molecule has 0 saturated heterocycles. The molecular weight excluding hydrogens is 298 g/mol. The van der Waals surface area contributed by atoms with Crippen LogP contribution in [0.1, 0.15) is 23.4 Å². The molecule has 5 nitrogen and oxygen atoms in total. The lowest BCUT2D eigenvalue weighted by atomic mass is 10.1. The minimum absolute atomic E-state index is 0.0884. The summed E-state index contributed by atoms with van der Waals surface area (Å²) in [5.74, 6) is 0. The van der Waals surface area contributed by atoms with Crippen molar-refractivity contribution in [2.75, 3.05) is 20.3 Å². The van der Waals surface area contributed by atoms with Gasteiger partial charge >= 0.3 is 6.03 Å². The smallest absolute Gasteiger partial charge is 0.318 e. The normalized spacial score (nSPS) is 11.9. The number of methoxy groups -OCH3 is 1. The second kappa shape index (κ2) is 8.51. The van der Waals surface area contributed by atoms with Crippen LogP contribution in [0.5, 0.6) is 0 Å². The molecule has 118 valence electrons. The molecule has 0 saturated carbocycles. The lowest BCUT2D eigenvalue weighted by molar-refractivity contribution is 0.145. The maximum Gasteiger partial charge on any atom is 0.318 e. The number of nitrogens with zero attached hydrogens (tertiary/aromatic N) is 2. The molecular formula is C16H21N3O2S. The summed E-state index contributed by atoms with van der Waals surface area (Å²) in [4.78, 5) is 19.5. The van der Waals surface area contributed by atoms with Crippen molar-refractivity contribution in [1.29, 1.82) is 0 Å². The number of thiophene rings is 1. The Morgan fingerprint density at radius 3 is 2.95 bits per heavy atom. The number of pyridine rings is 1. The van der Waals surface area contributed by atoms with E-state index in [2.05, 4.69) is 10.3 Å². The van der Waals surface area contributed by atoms with Gasteiger partial charge in [-0.2, -0.15) is 0 Å². The van der Waals surface area contributed by atoms with Crippen molar-refractivity contribution in [3.8, 4) is 0 Å². The van der Waals surface area contributed by atoms with Crippen LogP contribution in [-0.2, 0) is 11.3 Å². The number of ether oxygens (including phenoxy) is 1. The number of amides is 2. The van der Waals surface area contributed by atoms with Crippen molar-refractivity contribution >= 4 is 17.4 Å². The fraction of sp³-hybridized carbons (Fsp3) is 0.375. The average molecular weight is 319 g/mol. The van der Waals surface area contributed by atoms with Gasteiger partial charge in [0.25, 0.3) is 0 Å². The van der Waals surface area contributed by atoms with Crippen molar-refractivity contribution in [1.82, 2.24) is 15.2 Å². The molecule has 6 heteroatoms. The van der Waals surface area contributed by atoms with Crippen LogP contribution in [0.25, 0.3) is 0 Å². The highest BCUT2D eigenvalue weighted by molar-refractivity contribution is 7.09. The maximum atomic E-state index is 12.5. The number of carbonyl (C=O) groups is 1. The number of nitrogens with one attached hydrogen (secondary N) is 1. The summed E-state index contributed by atoms with van der Waals surface area (Å²) in [6.45, 7) is 3.61. The SMILES string of the molecule is COCCN(Cc1cccs1)C(=O)N[C@@H](C)c1cccnc1. The Balaban J connectivity index is 1.98. The van der Waals surface area contributed by atoms with Gasteiger partial charge in [0.05, 0.1) is 19.2 Å². The van der Waals surface area contributed by atoms with Crippen LogP contribution in [0.2, 0.25) is 0 Å². The van der Waals surface area contributed by atoms with Gasteiger partial charge in [0.1, 0.15) is 0 Å². The zero-order valence-corrected chi connectivity index (χ0v) is 13.7. The molecule has 0 unspecified atom stereocenters. The molecule has 0 radical (unpaired) electrons. The van der Waals surface area contributed by atoms with E-state index in [1.165, 1.54) is 0 Å². The van der Waals surface area contributed by atoms with Crippen LogP contribution < -0.4 is 5.32 Å². The monoisotopic (exact) mass is 319 g/mol. The topological polar surface area (TPSA) is 54.5 Å². The largest absolute Gasteiger partial charge is 0.383 e. The Hall–Kier alpha value is -1.92. The van der Waals surface area contributed by atoms with E-state index in [0.29, 0.717) is 19.7 Å². The fourth-order valence-electron chi connectivity index (χ4n) is 2.04. The first-order chi connectivity index (χ1) is 10.7.